The van der Waals surface area contributed by atoms with Crippen LogP contribution in [0.25, 0.3) is 0 Å². The minimum atomic E-state index is -0.548. The molecule has 0 unspecified atom stereocenters. The van der Waals surface area contributed by atoms with Crippen molar-refractivity contribution >= 4 is 23.2 Å². The van der Waals surface area contributed by atoms with Gasteiger partial charge in [0.05, 0.1) is 5.60 Å². The zero-order valence-corrected chi connectivity index (χ0v) is 13.5. The van der Waals surface area contributed by atoms with Crippen molar-refractivity contribution in [2.24, 2.45) is 5.92 Å². The van der Waals surface area contributed by atoms with E-state index in [0.717, 1.165) is 37.2 Å². The van der Waals surface area contributed by atoms with E-state index in [-0.39, 0.29) is 0 Å². The maximum atomic E-state index is 10.6. The standard InChI is InChI=1S/C16H23Cl2NO/c1-2-12-3-5-16(20,6-4-12)11-19-10-13-7-14(17)9-15(18)8-13/h7-9,12,19-20H,2-6,10-11H2,1H3. The largest absolute Gasteiger partial charge is 0.389 e. The Balaban J connectivity index is 1.80. The maximum Gasteiger partial charge on any atom is 0.0771 e. The van der Waals surface area contributed by atoms with Gasteiger partial charge in [-0.2, -0.15) is 0 Å². The summed E-state index contributed by atoms with van der Waals surface area (Å²) in [4.78, 5) is 0. The van der Waals surface area contributed by atoms with Gasteiger partial charge in [0.2, 0.25) is 0 Å². The summed E-state index contributed by atoms with van der Waals surface area (Å²) in [6.07, 6.45) is 5.30. The molecule has 2 rings (SSSR count). The Kier molecular flexibility index (Phi) is 5.74. The Morgan fingerprint density at radius 2 is 1.80 bits per heavy atom. The number of hydrogen-bond acceptors (Lipinski definition) is 2. The highest BCUT2D eigenvalue weighted by molar-refractivity contribution is 6.34. The second-order valence-corrected chi connectivity index (χ2v) is 6.83. The van der Waals surface area contributed by atoms with Crippen LogP contribution in [0.5, 0.6) is 0 Å². The first-order valence-corrected chi connectivity index (χ1v) is 8.14. The molecule has 1 saturated carbocycles. The van der Waals surface area contributed by atoms with E-state index in [0.29, 0.717) is 23.1 Å². The molecule has 1 aromatic carbocycles. The fourth-order valence-electron chi connectivity index (χ4n) is 2.95. The van der Waals surface area contributed by atoms with Gasteiger partial charge in [-0.15, -0.1) is 0 Å². The molecule has 2 nitrogen and oxygen atoms in total. The van der Waals surface area contributed by atoms with Crippen LogP contribution in [0.2, 0.25) is 10.0 Å². The van der Waals surface area contributed by atoms with Gasteiger partial charge in [-0.1, -0.05) is 36.5 Å². The van der Waals surface area contributed by atoms with Crippen LogP contribution >= 0.6 is 23.2 Å². The topological polar surface area (TPSA) is 32.3 Å². The third kappa shape index (κ3) is 4.63. The van der Waals surface area contributed by atoms with Gasteiger partial charge >= 0.3 is 0 Å². The first kappa shape index (κ1) is 16.1. The predicted molar refractivity (Wildman–Crippen MR) is 85.4 cm³/mol. The summed E-state index contributed by atoms with van der Waals surface area (Å²) >= 11 is 12.0. The highest BCUT2D eigenvalue weighted by Crippen LogP contribution is 2.33. The number of hydrogen-bond donors (Lipinski definition) is 2. The molecule has 0 atom stereocenters. The minimum absolute atomic E-state index is 0.548. The Labute approximate surface area is 131 Å². The van der Waals surface area contributed by atoms with E-state index in [1.54, 1.807) is 6.07 Å². The van der Waals surface area contributed by atoms with Gasteiger partial charge in [0.25, 0.3) is 0 Å². The van der Waals surface area contributed by atoms with Gasteiger partial charge in [0.15, 0.2) is 0 Å². The average Bonchev–Trinajstić information content (AvgIpc) is 2.38. The van der Waals surface area contributed by atoms with Gasteiger partial charge in [0.1, 0.15) is 0 Å². The van der Waals surface area contributed by atoms with Crippen LogP contribution in [-0.4, -0.2) is 17.3 Å². The van der Waals surface area contributed by atoms with E-state index >= 15 is 0 Å². The van der Waals surface area contributed by atoms with Gasteiger partial charge in [-0.05, 0) is 55.4 Å². The number of aliphatic hydroxyl groups is 1. The van der Waals surface area contributed by atoms with Gasteiger partial charge in [0, 0.05) is 23.1 Å². The molecule has 0 radical (unpaired) electrons. The van der Waals surface area contributed by atoms with Crippen LogP contribution in [0.1, 0.15) is 44.6 Å². The second-order valence-electron chi connectivity index (χ2n) is 5.96. The predicted octanol–water partition coefficient (Wildman–Crippen LogP) is 4.41. The Morgan fingerprint density at radius 1 is 1.20 bits per heavy atom. The molecule has 0 bridgehead atoms. The highest BCUT2D eigenvalue weighted by atomic mass is 35.5. The van der Waals surface area contributed by atoms with Crippen LogP contribution in [0.3, 0.4) is 0 Å². The number of nitrogens with one attached hydrogen (secondary N) is 1. The monoisotopic (exact) mass is 315 g/mol. The number of rotatable bonds is 5. The summed E-state index contributed by atoms with van der Waals surface area (Å²) in [5.74, 6) is 0.794. The summed E-state index contributed by atoms with van der Waals surface area (Å²) in [5, 5.41) is 15.2. The van der Waals surface area contributed by atoms with Crippen molar-refractivity contribution in [2.45, 2.75) is 51.2 Å². The number of halogens is 2. The summed E-state index contributed by atoms with van der Waals surface area (Å²) in [7, 11) is 0. The Morgan fingerprint density at radius 3 is 2.35 bits per heavy atom. The normalized spacial score (nSPS) is 26.7. The molecule has 1 aliphatic rings. The molecule has 0 amide bonds. The lowest BCUT2D eigenvalue weighted by molar-refractivity contribution is -0.00880. The van der Waals surface area contributed by atoms with Crippen molar-refractivity contribution in [1.82, 2.24) is 5.32 Å². The molecule has 0 aliphatic heterocycles. The van der Waals surface area contributed by atoms with Gasteiger partial charge in [-0.3, -0.25) is 0 Å². The smallest absolute Gasteiger partial charge is 0.0771 e. The van der Waals surface area contributed by atoms with Crippen LogP contribution in [0.4, 0.5) is 0 Å². The van der Waals surface area contributed by atoms with Crippen molar-refractivity contribution in [2.75, 3.05) is 6.54 Å². The minimum Gasteiger partial charge on any atom is -0.389 e. The maximum absolute atomic E-state index is 10.6. The molecular formula is C16H23Cl2NO. The zero-order valence-electron chi connectivity index (χ0n) is 12.0. The van der Waals surface area contributed by atoms with E-state index in [1.807, 2.05) is 12.1 Å². The van der Waals surface area contributed by atoms with Crippen LogP contribution < -0.4 is 5.32 Å². The quantitative estimate of drug-likeness (QED) is 0.843. The van der Waals surface area contributed by atoms with Crippen molar-refractivity contribution in [1.29, 1.82) is 0 Å². The molecule has 0 aromatic heterocycles. The molecule has 0 saturated heterocycles. The summed E-state index contributed by atoms with van der Waals surface area (Å²) < 4.78 is 0. The first-order valence-electron chi connectivity index (χ1n) is 7.39. The lowest BCUT2D eigenvalue weighted by atomic mass is 9.78. The lowest BCUT2D eigenvalue weighted by Crippen LogP contribution is -2.43. The highest BCUT2D eigenvalue weighted by Gasteiger charge is 2.31. The molecule has 1 fully saturated rings. The third-order valence-corrected chi connectivity index (χ3v) is 4.76. The molecular weight excluding hydrogens is 293 g/mol. The molecule has 2 N–H and O–H groups in total. The van der Waals surface area contributed by atoms with E-state index in [1.165, 1.54) is 6.42 Å². The van der Waals surface area contributed by atoms with Crippen LogP contribution in [0, 0.1) is 5.92 Å². The lowest BCUT2D eigenvalue weighted by Gasteiger charge is -2.36. The average molecular weight is 316 g/mol. The van der Waals surface area contributed by atoms with Crippen LogP contribution in [-0.2, 0) is 6.54 Å². The van der Waals surface area contributed by atoms with E-state index in [2.05, 4.69) is 12.2 Å². The SMILES string of the molecule is CCC1CCC(O)(CNCc2cc(Cl)cc(Cl)c2)CC1. The van der Waals surface area contributed by atoms with E-state index in [9.17, 15) is 5.11 Å². The zero-order chi connectivity index (χ0) is 14.6. The Bertz CT molecular complexity index is 422. The molecule has 20 heavy (non-hydrogen) atoms. The fraction of sp³-hybridized carbons (Fsp3) is 0.625. The third-order valence-electron chi connectivity index (χ3n) is 4.32. The molecule has 0 heterocycles. The number of benzene rings is 1. The molecule has 4 heteroatoms. The fourth-order valence-corrected chi connectivity index (χ4v) is 3.52. The van der Waals surface area contributed by atoms with E-state index in [4.69, 9.17) is 23.2 Å². The summed E-state index contributed by atoms with van der Waals surface area (Å²) in [6.45, 7) is 3.55. The molecule has 112 valence electrons. The second kappa shape index (κ2) is 7.13. The summed E-state index contributed by atoms with van der Waals surface area (Å²) in [5.41, 5.74) is 0.502. The molecule has 0 spiro atoms. The van der Waals surface area contributed by atoms with Crippen molar-refractivity contribution in [3.63, 3.8) is 0 Å². The van der Waals surface area contributed by atoms with Crippen molar-refractivity contribution < 1.29 is 5.11 Å². The van der Waals surface area contributed by atoms with Gasteiger partial charge < -0.3 is 10.4 Å². The van der Waals surface area contributed by atoms with Crippen molar-refractivity contribution in [3.05, 3.63) is 33.8 Å². The van der Waals surface area contributed by atoms with Gasteiger partial charge in [-0.25, -0.2) is 0 Å². The first-order chi connectivity index (χ1) is 9.50. The Hall–Kier alpha value is -0.280. The summed E-state index contributed by atoms with van der Waals surface area (Å²) in [6, 6.07) is 5.53. The van der Waals surface area contributed by atoms with Crippen LogP contribution in [0.15, 0.2) is 18.2 Å². The van der Waals surface area contributed by atoms with E-state index < -0.39 is 5.60 Å². The van der Waals surface area contributed by atoms with Crippen molar-refractivity contribution in [3.8, 4) is 0 Å². The molecule has 1 aliphatic carbocycles. The molecule has 1 aromatic rings.